The van der Waals surface area contributed by atoms with E-state index >= 15 is 0 Å². The van der Waals surface area contributed by atoms with Crippen LogP contribution in [0.25, 0.3) is 0 Å². The highest BCUT2D eigenvalue weighted by atomic mass is 35.5. The van der Waals surface area contributed by atoms with Crippen molar-refractivity contribution in [2.45, 2.75) is 17.8 Å². The maximum absolute atomic E-state index is 11.3. The molecule has 18 heavy (non-hydrogen) atoms. The molecular formula is C11H9Cl2N3OS. The number of nitrogens with one attached hydrogen (secondary N) is 1. The minimum atomic E-state index is -0.162. The van der Waals surface area contributed by atoms with Gasteiger partial charge in [-0.15, -0.1) is 0 Å². The maximum atomic E-state index is 11.3. The monoisotopic (exact) mass is 301 g/mol. The van der Waals surface area contributed by atoms with E-state index in [1.54, 1.807) is 19.2 Å². The van der Waals surface area contributed by atoms with Crippen molar-refractivity contribution in [3.05, 3.63) is 50.1 Å². The predicted molar refractivity (Wildman–Crippen MR) is 73.4 cm³/mol. The van der Waals surface area contributed by atoms with E-state index in [0.717, 1.165) is 5.56 Å². The lowest BCUT2D eigenvalue weighted by atomic mass is 10.3. The fourth-order valence-corrected chi connectivity index (χ4v) is 2.72. The smallest absolute Gasteiger partial charge is 0.251 e. The molecule has 4 nitrogen and oxygen atoms in total. The zero-order valence-electron chi connectivity index (χ0n) is 9.41. The van der Waals surface area contributed by atoms with Gasteiger partial charge in [0.2, 0.25) is 0 Å². The summed E-state index contributed by atoms with van der Waals surface area (Å²) < 4.78 is 0. The lowest BCUT2D eigenvalue weighted by Crippen LogP contribution is -2.08. The minimum absolute atomic E-state index is 0.162. The number of aromatic nitrogens is 3. The molecule has 0 unspecified atom stereocenters. The number of halogens is 2. The quantitative estimate of drug-likeness (QED) is 0.538. The largest absolute Gasteiger partial charge is 0.301 e. The molecule has 0 aromatic carbocycles. The van der Waals surface area contributed by atoms with E-state index in [1.807, 2.05) is 0 Å². The second-order valence-corrected chi connectivity index (χ2v) is 5.34. The fourth-order valence-electron chi connectivity index (χ4n) is 1.31. The van der Waals surface area contributed by atoms with E-state index in [-0.39, 0.29) is 5.56 Å². The molecule has 0 radical (unpaired) electrons. The van der Waals surface area contributed by atoms with Crippen molar-refractivity contribution in [3.8, 4) is 0 Å². The van der Waals surface area contributed by atoms with Crippen LogP contribution in [0.3, 0.4) is 0 Å². The lowest BCUT2D eigenvalue weighted by Gasteiger charge is -2.04. The van der Waals surface area contributed by atoms with Gasteiger partial charge in [-0.2, -0.15) is 0 Å². The van der Waals surface area contributed by atoms with Gasteiger partial charge in [0.05, 0.1) is 0 Å². The highest BCUT2D eigenvalue weighted by molar-refractivity contribution is 7.98. The van der Waals surface area contributed by atoms with Gasteiger partial charge in [-0.3, -0.25) is 4.79 Å². The van der Waals surface area contributed by atoms with Gasteiger partial charge in [0.25, 0.3) is 5.56 Å². The molecule has 0 amide bonds. The Bertz CT molecular complexity index is 630. The third-order valence-corrected chi connectivity index (χ3v) is 3.59. The van der Waals surface area contributed by atoms with Crippen LogP contribution in [0.4, 0.5) is 0 Å². The molecule has 0 aliphatic heterocycles. The first-order valence-corrected chi connectivity index (χ1v) is 6.79. The molecule has 0 fully saturated rings. The van der Waals surface area contributed by atoms with Crippen LogP contribution >= 0.6 is 35.0 Å². The number of hydrogen-bond donors (Lipinski definition) is 1. The number of pyridine rings is 1. The van der Waals surface area contributed by atoms with E-state index < -0.39 is 0 Å². The second-order valence-electron chi connectivity index (χ2n) is 3.58. The van der Waals surface area contributed by atoms with Crippen molar-refractivity contribution >= 4 is 35.0 Å². The summed E-state index contributed by atoms with van der Waals surface area (Å²) in [4.78, 5) is 22.1. The Morgan fingerprint density at radius 3 is 2.83 bits per heavy atom. The highest BCUT2D eigenvalue weighted by Gasteiger charge is 2.05. The average molecular weight is 302 g/mol. The Labute approximate surface area is 118 Å². The molecule has 0 bridgehead atoms. The lowest BCUT2D eigenvalue weighted by molar-refractivity contribution is 0.905. The van der Waals surface area contributed by atoms with Crippen LogP contribution in [0, 0.1) is 6.92 Å². The zero-order valence-corrected chi connectivity index (χ0v) is 11.7. The van der Waals surface area contributed by atoms with Gasteiger partial charge < -0.3 is 4.98 Å². The van der Waals surface area contributed by atoms with Gasteiger partial charge in [0.15, 0.2) is 5.16 Å². The summed E-state index contributed by atoms with van der Waals surface area (Å²) in [7, 11) is 0. The predicted octanol–water partition coefficient (Wildman–Crippen LogP) is 3.07. The number of aryl methyl sites for hydroxylation is 1. The Hall–Kier alpha value is -1.04. The molecule has 2 aromatic rings. The van der Waals surface area contributed by atoms with Crippen LogP contribution in [0.1, 0.15) is 11.3 Å². The Balaban J connectivity index is 2.13. The minimum Gasteiger partial charge on any atom is -0.301 e. The van der Waals surface area contributed by atoms with Crippen molar-refractivity contribution < 1.29 is 0 Å². The molecule has 0 aliphatic carbocycles. The van der Waals surface area contributed by atoms with Crippen LogP contribution in [-0.4, -0.2) is 15.0 Å². The van der Waals surface area contributed by atoms with Gasteiger partial charge in [-0.05, 0) is 18.6 Å². The van der Waals surface area contributed by atoms with Crippen molar-refractivity contribution in [3.63, 3.8) is 0 Å². The second kappa shape index (κ2) is 5.73. The standard InChI is InChI=1S/C11H9Cl2N3OS/c1-6-2-10(17)16-11(15-6)18-5-7-4-14-9(13)3-8(7)12/h2-4H,5H2,1H3,(H,15,16,17). The first-order valence-electron chi connectivity index (χ1n) is 5.05. The molecule has 0 saturated carbocycles. The Morgan fingerprint density at radius 2 is 2.17 bits per heavy atom. The van der Waals surface area contributed by atoms with Gasteiger partial charge in [-0.25, -0.2) is 9.97 Å². The normalized spacial score (nSPS) is 10.6. The molecule has 2 rings (SSSR count). The van der Waals surface area contributed by atoms with Gasteiger partial charge >= 0.3 is 0 Å². The van der Waals surface area contributed by atoms with Crippen LogP contribution < -0.4 is 5.56 Å². The van der Waals surface area contributed by atoms with Gasteiger partial charge in [0, 0.05) is 28.7 Å². The molecule has 0 atom stereocenters. The van der Waals surface area contributed by atoms with Crippen LogP contribution in [0.5, 0.6) is 0 Å². The van der Waals surface area contributed by atoms with E-state index in [1.165, 1.54) is 17.8 Å². The summed E-state index contributed by atoms with van der Waals surface area (Å²) >= 11 is 13.1. The van der Waals surface area contributed by atoms with Gasteiger partial charge in [0.1, 0.15) is 5.15 Å². The van der Waals surface area contributed by atoms with Crippen molar-refractivity contribution in [2.75, 3.05) is 0 Å². The van der Waals surface area contributed by atoms with Crippen LogP contribution in [-0.2, 0) is 5.75 Å². The third kappa shape index (κ3) is 3.48. The molecule has 7 heteroatoms. The summed E-state index contributed by atoms with van der Waals surface area (Å²) in [6.45, 7) is 1.77. The fraction of sp³-hybridized carbons (Fsp3) is 0.182. The molecule has 0 spiro atoms. The number of H-pyrrole nitrogens is 1. The summed E-state index contributed by atoms with van der Waals surface area (Å²) in [5.41, 5.74) is 1.36. The topological polar surface area (TPSA) is 58.6 Å². The van der Waals surface area contributed by atoms with Crippen molar-refractivity contribution in [1.82, 2.24) is 15.0 Å². The zero-order chi connectivity index (χ0) is 13.1. The maximum Gasteiger partial charge on any atom is 0.251 e. The molecule has 0 saturated heterocycles. The van der Waals surface area contributed by atoms with Crippen LogP contribution in [0.2, 0.25) is 10.2 Å². The average Bonchev–Trinajstić information content (AvgIpc) is 2.26. The number of aromatic amines is 1. The molecular weight excluding hydrogens is 293 g/mol. The van der Waals surface area contributed by atoms with Crippen molar-refractivity contribution in [1.29, 1.82) is 0 Å². The molecule has 94 valence electrons. The van der Waals surface area contributed by atoms with E-state index in [0.29, 0.717) is 26.8 Å². The molecule has 0 aliphatic rings. The summed E-state index contributed by atoms with van der Waals surface area (Å²) in [6.07, 6.45) is 1.62. The Morgan fingerprint density at radius 1 is 1.39 bits per heavy atom. The number of rotatable bonds is 3. The number of thioether (sulfide) groups is 1. The first kappa shape index (κ1) is 13.4. The van der Waals surface area contributed by atoms with E-state index in [2.05, 4.69) is 15.0 Å². The summed E-state index contributed by atoms with van der Waals surface area (Å²) in [5.74, 6) is 0.565. The molecule has 2 aromatic heterocycles. The summed E-state index contributed by atoms with van der Waals surface area (Å²) in [5, 5.41) is 1.47. The number of hydrogen-bond acceptors (Lipinski definition) is 4. The SMILES string of the molecule is Cc1cc(=O)[nH]c(SCc2cnc(Cl)cc2Cl)n1. The molecule has 2 heterocycles. The van der Waals surface area contributed by atoms with Gasteiger partial charge in [-0.1, -0.05) is 35.0 Å². The summed E-state index contributed by atoms with van der Waals surface area (Å²) in [6, 6.07) is 3.03. The van der Waals surface area contributed by atoms with E-state index in [4.69, 9.17) is 23.2 Å². The first-order chi connectivity index (χ1) is 8.54. The Kier molecular flexibility index (Phi) is 4.27. The van der Waals surface area contributed by atoms with Crippen LogP contribution in [0.15, 0.2) is 28.3 Å². The highest BCUT2D eigenvalue weighted by Crippen LogP contribution is 2.25. The third-order valence-electron chi connectivity index (χ3n) is 2.11. The van der Waals surface area contributed by atoms with E-state index in [9.17, 15) is 4.79 Å². The number of nitrogens with zero attached hydrogens (tertiary/aromatic N) is 2. The molecule has 1 N–H and O–H groups in total. The van der Waals surface area contributed by atoms with Crippen molar-refractivity contribution in [2.24, 2.45) is 0 Å².